The van der Waals surface area contributed by atoms with Gasteiger partial charge in [0.2, 0.25) is 5.91 Å². The van der Waals surface area contributed by atoms with E-state index in [1.54, 1.807) is 16.2 Å². The van der Waals surface area contributed by atoms with Crippen LogP contribution < -0.4 is 0 Å². The monoisotopic (exact) mass is 320 g/mol. The van der Waals surface area contributed by atoms with Crippen molar-refractivity contribution in [3.8, 4) is 0 Å². The van der Waals surface area contributed by atoms with Crippen molar-refractivity contribution in [3.63, 3.8) is 0 Å². The minimum Gasteiger partial charge on any atom is -0.341 e. The van der Waals surface area contributed by atoms with Crippen LogP contribution in [0, 0.1) is 0 Å². The first-order valence-corrected chi connectivity index (χ1v) is 7.91. The highest BCUT2D eigenvalue weighted by Gasteiger charge is 2.31. The van der Waals surface area contributed by atoms with Crippen LogP contribution in [-0.2, 0) is 11.2 Å². The van der Waals surface area contributed by atoms with Gasteiger partial charge in [-0.2, -0.15) is 13.2 Å². The number of rotatable bonds is 4. The van der Waals surface area contributed by atoms with E-state index < -0.39 is 12.7 Å². The molecule has 0 saturated carbocycles. The predicted octanol–water partition coefficient (Wildman–Crippen LogP) is 2.78. The molecular formula is C14H19F3N2OS. The van der Waals surface area contributed by atoms with Gasteiger partial charge in [-0.15, -0.1) is 11.3 Å². The zero-order valence-corrected chi connectivity index (χ0v) is 12.6. The number of carbonyl (C=O) groups excluding carboxylic acids is 1. The molecular weight excluding hydrogens is 301 g/mol. The Hall–Kier alpha value is -1.08. The molecule has 0 aromatic carbocycles. The quantitative estimate of drug-likeness (QED) is 0.852. The summed E-state index contributed by atoms with van der Waals surface area (Å²) < 4.78 is 37.2. The molecule has 0 atom stereocenters. The molecule has 2 heterocycles. The van der Waals surface area contributed by atoms with Gasteiger partial charge in [-0.3, -0.25) is 9.69 Å². The summed E-state index contributed by atoms with van der Waals surface area (Å²) in [6, 6.07) is 3.94. The predicted molar refractivity (Wildman–Crippen MR) is 76.3 cm³/mol. The summed E-state index contributed by atoms with van der Waals surface area (Å²) >= 11 is 1.62. The van der Waals surface area contributed by atoms with Crippen LogP contribution in [0.4, 0.5) is 13.2 Å². The zero-order chi connectivity index (χ0) is 15.3. The normalized spacial score (nSPS) is 17.8. The number of carbonyl (C=O) groups is 1. The summed E-state index contributed by atoms with van der Waals surface area (Å²) in [6.07, 6.45) is -2.43. The number of thiophene rings is 1. The Balaban J connectivity index is 1.78. The van der Waals surface area contributed by atoms with Gasteiger partial charge in [0.1, 0.15) is 0 Å². The fourth-order valence-electron chi connectivity index (χ4n) is 2.48. The summed E-state index contributed by atoms with van der Waals surface area (Å²) in [4.78, 5) is 16.4. The summed E-state index contributed by atoms with van der Waals surface area (Å²) in [5.74, 6) is 0.0391. The Morgan fingerprint density at radius 3 is 2.71 bits per heavy atom. The number of amides is 1. The third-order valence-corrected chi connectivity index (χ3v) is 4.45. The van der Waals surface area contributed by atoms with Gasteiger partial charge in [-0.25, -0.2) is 0 Å². The number of aryl methyl sites for hydroxylation is 1. The van der Waals surface area contributed by atoms with Crippen molar-refractivity contribution < 1.29 is 18.0 Å². The first kappa shape index (κ1) is 16.3. The maximum Gasteiger partial charge on any atom is 0.401 e. The van der Waals surface area contributed by atoms with Crippen molar-refractivity contribution in [2.75, 3.05) is 32.7 Å². The molecule has 2 rings (SSSR count). The van der Waals surface area contributed by atoms with E-state index in [0.29, 0.717) is 45.4 Å². The highest BCUT2D eigenvalue weighted by molar-refractivity contribution is 7.09. The summed E-state index contributed by atoms with van der Waals surface area (Å²) in [7, 11) is 0. The SMILES string of the molecule is O=C(CCc1cccs1)N1CCCN(CC(F)(F)F)CC1. The molecule has 21 heavy (non-hydrogen) atoms. The molecule has 1 aromatic heterocycles. The Kier molecular flexibility index (Phi) is 5.64. The maximum atomic E-state index is 12.4. The van der Waals surface area contributed by atoms with Crippen LogP contribution in [0.3, 0.4) is 0 Å². The third kappa shape index (κ3) is 5.67. The van der Waals surface area contributed by atoms with Gasteiger partial charge in [-0.1, -0.05) is 6.07 Å². The molecule has 0 radical (unpaired) electrons. The number of halogens is 3. The van der Waals surface area contributed by atoms with Crippen molar-refractivity contribution >= 4 is 17.2 Å². The zero-order valence-electron chi connectivity index (χ0n) is 11.7. The fraction of sp³-hybridized carbons (Fsp3) is 0.643. The van der Waals surface area contributed by atoms with E-state index >= 15 is 0 Å². The lowest BCUT2D eigenvalue weighted by Gasteiger charge is -2.22. The molecule has 1 aliphatic heterocycles. The lowest BCUT2D eigenvalue weighted by molar-refractivity contribution is -0.145. The van der Waals surface area contributed by atoms with E-state index in [0.717, 1.165) is 4.88 Å². The second-order valence-corrected chi connectivity index (χ2v) is 6.24. The Labute approximate surface area is 126 Å². The molecule has 0 unspecified atom stereocenters. The minimum absolute atomic E-state index is 0.0391. The second kappa shape index (κ2) is 7.26. The first-order chi connectivity index (χ1) is 9.94. The Bertz CT molecular complexity index is 448. The van der Waals surface area contributed by atoms with E-state index in [-0.39, 0.29) is 5.91 Å². The van der Waals surface area contributed by atoms with E-state index in [4.69, 9.17) is 0 Å². The fourth-order valence-corrected chi connectivity index (χ4v) is 3.18. The van der Waals surface area contributed by atoms with E-state index in [1.165, 1.54) is 4.90 Å². The van der Waals surface area contributed by atoms with Crippen molar-refractivity contribution in [2.24, 2.45) is 0 Å². The molecule has 7 heteroatoms. The molecule has 1 aliphatic rings. The molecule has 0 N–H and O–H groups in total. The highest BCUT2D eigenvalue weighted by atomic mass is 32.1. The minimum atomic E-state index is -4.17. The van der Waals surface area contributed by atoms with Gasteiger partial charge in [0, 0.05) is 37.5 Å². The molecule has 0 aliphatic carbocycles. The van der Waals surface area contributed by atoms with Crippen molar-refractivity contribution in [3.05, 3.63) is 22.4 Å². The lowest BCUT2D eigenvalue weighted by Crippen LogP contribution is -2.38. The van der Waals surface area contributed by atoms with Crippen LogP contribution in [0.25, 0.3) is 0 Å². The van der Waals surface area contributed by atoms with Crippen LogP contribution in [0.2, 0.25) is 0 Å². The topological polar surface area (TPSA) is 23.6 Å². The van der Waals surface area contributed by atoms with Gasteiger partial charge in [0.25, 0.3) is 0 Å². The average molecular weight is 320 g/mol. The molecule has 1 aromatic rings. The molecule has 1 fully saturated rings. The molecule has 1 saturated heterocycles. The smallest absolute Gasteiger partial charge is 0.341 e. The van der Waals surface area contributed by atoms with Crippen LogP contribution in [-0.4, -0.2) is 54.6 Å². The maximum absolute atomic E-state index is 12.4. The van der Waals surface area contributed by atoms with Crippen molar-refractivity contribution in [2.45, 2.75) is 25.4 Å². The van der Waals surface area contributed by atoms with E-state index in [2.05, 4.69) is 0 Å². The Morgan fingerprint density at radius 1 is 1.24 bits per heavy atom. The lowest BCUT2D eigenvalue weighted by atomic mass is 10.2. The van der Waals surface area contributed by atoms with Crippen molar-refractivity contribution in [1.29, 1.82) is 0 Å². The van der Waals surface area contributed by atoms with Crippen molar-refractivity contribution in [1.82, 2.24) is 9.80 Å². The summed E-state index contributed by atoms with van der Waals surface area (Å²) in [5, 5.41) is 1.97. The summed E-state index contributed by atoms with van der Waals surface area (Å²) in [5.41, 5.74) is 0. The second-order valence-electron chi connectivity index (χ2n) is 5.21. The standard InChI is InChI=1S/C14H19F3N2OS/c15-14(16,17)11-18-6-2-7-19(9-8-18)13(20)5-4-12-3-1-10-21-12/h1,3,10H,2,4-9,11H2. The van der Waals surface area contributed by atoms with E-state index in [9.17, 15) is 18.0 Å². The van der Waals surface area contributed by atoms with Crippen LogP contribution in [0.15, 0.2) is 17.5 Å². The Morgan fingerprint density at radius 2 is 2.05 bits per heavy atom. The average Bonchev–Trinajstić information content (AvgIpc) is 2.81. The van der Waals surface area contributed by atoms with Crippen LogP contribution in [0.1, 0.15) is 17.7 Å². The number of hydrogen-bond acceptors (Lipinski definition) is 3. The van der Waals surface area contributed by atoms with Gasteiger partial charge < -0.3 is 4.90 Å². The third-order valence-electron chi connectivity index (χ3n) is 3.51. The molecule has 118 valence electrons. The molecule has 1 amide bonds. The highest BCUT2D eigenvalue weighted by Crippen LogP contribution is 2.18. The first-order valence-electron chi connectivity index (χ1n) is 7.03. The van der Waals surface area contributed by atoms with E-state index in [1.807, 2.05) is 17.5 Å². The number of nitrogens with zero attached hydrogens (tertiary/aromatic N) is 2. The number of hydrogen-bond donors (Lipinski definition) is 0. The summed E-state index contributed by atoms with van der Waals surface area (Å²) in [6.45, 7) is 0.750. The van der Waals surface area contributed by atoms with Gasteiger partial charge in [-0.05, 0) is 24.3 Å². The van der Waals surface area contributed by atoms with Gasteiger partial charge in [0.15, 0.2) is 0 Å². The van der Waals surface area contributed by atoms with Crippen LogP contribution in [0.5, 0.6) is 0 Å². The largest absolute Gasteiger partial charge is 0.401 e. The van der Waals surface area contributed by atoms with Gasteiger partial charge >= 0.3 is 6.18 Å². The molecule has 3 nitrogen and oxygen atoms in total. The number of alkyl halides is 3. The molecule has 0 bridgehead atoms. The van der Waals surface area contributed by atoms with Gasteiger partial charge in [0.05, 0.1) is 6.54 Å². The molecule has 0 spiro atoms. The van der Waals surface area contributed by atoms with Crippen LogP contribution >= 0.6 is 11.3 Å².